The van der Waals surface area contributed by atoms with Crippen molar-refractivity contribution in [2.45, 2.75) is 24.3 Å². The first-order chi connectivity index (χ1) is 10.9. The molecule has 24 heavy (non-hydrogen) atoms. The Balaban J connectivity index is 0.00000208. The second-order valence-corrected chi connectivity index (χ2v) is 7.74. The van der Waals surface area contributed by atoms with Crippen LogP contribution in [-0.2, 0) is 10.0 Å². The highest BCUT2D eigenvalue weighted by Gasteiger charge is 2.30. The molecule has 0 aliphatic carbocycles. The number of hydrogen-bond donors (Lipinski definition) is 1. The van der Waals surface area contributed by atoms with Crippen molar-refractivity contribution in [1.29, 1.82) is 0 Å². The number of aryl methyl sites for hydroxylation is 1. The lowest BCUT2D eigenvalue weighted by molar-refractivity contribution is 0.387. The average Bonchev–Trinajstić information content (AvgIpc) is 3.17. The molecule has 6 nitrogen and oxygen atoms in total. The summed E-state index contributed by atoms with van der Waals surface area (Å²) < 4.78 is 42.3. The van der Waals surface area contributed by atoms with E-state index in [1.54, 1.807) is 12.4 Å². The Bertz CT molecular complexity index is 819. The third kappa shape index (κ3) is 3.46. The van der Waals surface area contributed by atoms with Crippen molar-refractivity contribution in [3.8, 4) is 5.69 Å². The van der Waals surface area contributed by atoms with Gasteiger partial charge in [-0.1, -0.05) is 0 Å². The fourth-order valence-electron chi connectivity index (χ4n) is 2.69. The Hall–Kier alpha value is -1.48. The van der Waals surface area contributed by atoms with Gasteiger partial charge in [0.05, 0.1) is 11.1 Å². The van der Waals surface area contributed by atoms with Gasteiger partial charge < -0.3 is 5.32 Å². The quantitative estimate of drug-likeness (QED) is 0.885. The number of sulfonamides is 1. The van der Waals surface area contributed by atoms with E-state index < -0.39 is 15.8 Å². The standard InChI is InChI=1S/C15H19FN4O2S.ClH/c1-11-8-18-20(10-11)15-4-3-13(7-14(15)16)23(21,22)19(2)12-5-6-17-9-12;/h3-4,7-8,10,12,17H,5-6,9H2,1-2H3;1H. The Kier molecular flexibility index (Phi) is 5.64. The van der Waals surface area contributed by atoms with Crippen LogP contribution < -0.4 is 5.32 Å². The monoisotopic (exact) mass is 374 g/mol. The lowest BCUT2D eigenvalue weighted by Gasteiger charge is -2.23. The van der Waals surface area contributed by atoms with E-state index in [-0.39, 0.29) is 29.0 Å². The zero-order chi connectivity index (χ0) is 16.6. The maximum absolute atomic E-state index is 14.4. The summed E-state index contributed by atoms with van der Waals surface area (Å²) in [7, 11) is -2.18. The summed E-state index contributed by atoms with van der Waals surface area (Å²) in [6.07, 6.45) is 4.05. The molecule has 0 saturated carbocycles. The van der Waals surface area contributed by atoms with Crippen molar-refractivity contribution < 1.29 is 12.8 Å². The molecule has 1 aliphatic heterocycles. The Morgan fingerprint density at radius 2 is 2.17 bits per heavy atom. The van der Waals surface area contributed by atoms with E-state index >= 15 is 0 Å². The lowest BCUT2D eigenvalue weighted by Crippen LogP contribution is -2.38. The summed E-state index contributed by atoms with van der Waals surface area (Å²) in [5.74, 6) is -0.618. The summed E-state index contributed by atoms with van der Waals surface area (Å²) in [4.78, 5) is -0.0444. The molecule has 2 heterocycles. The Morgan fingerprint density at radius 3 is 2.71 bits per heavy atom. The van der Waals surface area contributed by atoms with E-state index in [1.807, 2.05) is 6.92 Å². The molecule has 0 bridgehead atoms. The first-order valence-corrected chi connectivity index (χ1v) is 8.83. The van der Waals surface area contributed by atoms with Crippen LogP contribution in [0, 0.1) is 12.7 Å². The number of benzene rings is 1. The number of rotatable bonds is 4. The number of halogens is 2. The summed E-state index contributed by atoms with van der Waals surface area (Å²) >= 11 is 0. The molecular weight excluding hydrogens is 355 g/mol. The van der Waals surface area contributed by atoms with Gasteiger partial charge in [-0.2, -0.15) is 9.40 Å². The Morgan fingerprint density at radius 1 is 1.42 bits per heavy atom. The minimum atomic E-state index is -3.71. The van der Waals surface area contributed by atoms with Crippen LogP contribution in [0.25, 0.3) is 5.69 Å². The van der Waals surface area contributed by atoms with E-state index in [0.29, 0.717) is 6.54 Å². The van der Waals surface area contributed by atoms with Gasteiger partial charge in [-0.05, 0) is 43.7 Å². The van der Waals surface area contributed by atoms with Gasteiger partial charge in [0.1, 0.15) is 11.5 Å². The van der Waals surface area contributed by atoms with Crippen molar-refractivity contribution in [3.05, 3.63) is 42.0 Å². The predicted octanol–water partition coefficient (Wildman–Crippen LogP) is 1.72. The zero-order valence-corrected chi connectivity index (χ0v) is 15.1. The van der Waals surface area contributed by atoms with Crippen LogP contribution in [0.2, 0.25) is 0 Å². The molecule has 1 aromatic heterocycles. The van der Waals surface area contributed by atoms with Gasteiger partial charge in [-0.3, -0.25) is 0 Å². The van der Waals surface area contributed by atoms with Crippen molar-refractivity contribution in [2.24, 2.45) is 0 Å². The Labute approximate surface area is 147 Å². The topological polar surface area (TPSA) is 67.2 Å². The van der Waals surface area contributed by atoms with Gasteiger partial charge in [0.15, 0.2) is 0 Å². The second kappa shape index (κ2) is 7.18. The number of likely N-dealkylation sites (N-methyl/N-ethyl adjacent to an activating group) is 1. The van der Waals surface area contributed by atoms with E-state index in [9.17, 15) is 12.8 Å². The van der Waals surface area contributed by atoms with Crippen LogP contribution in [0.1, 0.15) is 12.0 Å². The molecule has 1 unspecified atom stereocenters. The van der Waals surface area contributed by atoms with Gasteiger partial charge >= 0.3 is 0 Å². The van der Waals surface area contributed by atoms with Gasteiger partial charge in [0.2, 0.25) is 10.0 Å². The number of aromatic nitrogens is 2. The van der Waals surface area contributed by atoms with E-state index in [4.69, 9.17) is 0 Å². The summed E-state index contributed by atoms with van der Waals surface area (Å²) in [6, 6.07) is 3.82. The van der Waals surface area contributed by atoms with E-state index in [2.05, 4.69) is 10.4 Å². The largest absolute Gasteiger partial charge is 0.315 e. The van der Waals surface area contributed by atoms with Crippen molar-refractivity contribution in [3.63, 3.8) is 0 Å². The highest BCUT2D eigenvalue weighted by molar-refractivity contribution is 7.89. The summed E-state index contributed by atoms with van der Waals surface area (Å²) in [5.41, 5.74) is 1.12. The highest BCUT2D eigenvalue weighted by atomic mass is 35.5. The summed E-state index contributed by atoms with van der Waals surface area (Å²) in [5, 5.41) is 7.17. The van der Waals surface area contributed by atoms with Crippen LogP contribution in [0.4, 0.5) is 4.39 Å². The number of nitrogens with one attached hydrogen (secondary N) is 1. The highest BCUT2D eigenvalue weighted by Crippen LogP contribution is 2.23. The molecule has 1 N–H and O–H groups in total. The SMILES string of the molecule is Cc1cnn(-c2ccc(S(=O)(=O)N(C)C3CCNC3)cc2F)c1.Cl. The molecule has 1 fully saturated rings. The van der Waals surface area contributed by atoms with Gasteiger partial charge in [-0.15, -0.1) is 12.4 Å². The molecule has 3 rings (SSSR count). The molecular formula is C15H20ClFN4O2S. The maximum Gasteiger partial charge on any atom is 0.243 e. The zero-order valence-electron chi connectivity index (χ0n) is 13.4. The third-order valence-corrected chi connectivity index (χ3v) is 6.01. The molecule has 0 spiro atoms. The molecule has 2 aromatic rings. The lowest BCUT2D eigenvalue weighted by atomic mass is 10.3. The fraction of sp³-hybridized carbons (Fsp3) is 0.400. The molecule has 1 saturated heterocycles. The van der Waals surface area contributed by atoms with Crippen molar-refractivity contribution in [1.82, 2.24) is 19.4 Å². The maximum atomic E-state index is 14.4. The molecule has 9 heteroatoms. The molecule has 132 valence electrons. The van der Waals surface area contributed by atoms with Crippen LogP contribution in [0.5, 0.6) is 0 Å². The van der Waals surface area contributed by atoms with Crippen LogP contribution in [-0.4, -0.2) is 48.7 Å². The van der Waals surface area contributed by atoms with Crippen LogP contribution in [0.15, 0.2) is 35.5 Å². The molecule has 0 amide bonds. The first-order valence-electron chi connectivity index (χ1n) is 7.39. The second-order valence-electron chi connectivity index (χ2n) is 5.74. The summed E-state index contributed by atoms with van der Waals surface area (Å²) in [6.45, 7) is 3.25. The molecule has 1 atom stereocenters. The predicted molar refractivity (Wildman–Crippen MR) is 91.7 cm³/mol. The molecule has 1 aromatic carbocycles. The van der Waals surface area contributed by atoms with Gasteiger partial charge in [-0.25, -0.2) is 17.5 Å². The van der Waals surface area contributed by atoms with E-state index in [1.165, 1.54) is 28.2 Å². The molecule has 0 radical (unpaired) electrons. The minimum Gasteiger partial charge on any atom is -0.315 e. The smallest absolute Gasteiger partial charge is 0.243 e. The minimum absolute atomic E-state index is 0. The van der Waals surface area contributed by atoms with Crippen molar-refractivity contribution in [2.75, 3.05) is 20.1 Å². The average molecular weight is 375 g/mol. The normalized spacial score (nSPS) is 17.9. The van der Waals surface area contributed by atoms with Crippen LogP contribution in [0.3, 0.4) is 0 Å². The molecule has 1 aliphatic rings. The van der Waals surface area contributed by atoms with Crippen LogP contribution >= 0.6 is 12.4 Å². The third-order valence-electron chi connectivity index (χ3n) is 4.10. The fourth-order valence-corrected chi connectivity index (χ4v) is 4.09. The van der Waals surface area contributed by atoms with Gasteiger partial charge in [0.25, 0.3) is 0 Å². The van der Waals surface area contributed by atoms with E-state index in [0.717, 1.165) is 24.6 Å². The van der Waals surface area contributed by atoms with Gasteiger partial charge in [0, 0.05) is 25.8 Å². The van der Waals surface area contributed by atoms with Crippen molar-refractivity contribution >= 4 is 22.4 Å². The number of nitrogens with zero attached hydrogens (tertiary/aromatic N) is 3. The first kappa shape index (κ1) is 18.9. The number of hydrogen-bond acceptors (Lipinski definition) is 4.